The number of anilines is 2. The van der Waals surface area contributed by atoms with E-state index >= 15 is 0 Å². The van der Waals surface area contributed by atoms with Gasteiger partial charge in [0.1, 0.15) is 11.9 Å². The molecule has 2 heterocycles. The maximum absolute atomic E-state index is 8.75. The van der Waals surface area contributed by atoms with Crippen LogP contribution in [0.5, 0.6) is 0 Å². The molecule has 2 aromatic rings. The molecule has 0 spiro atoms. The topological polar surface area (TPSA) is 90.3 Å². The summed E-state index contributed by atoms with van der Waals surface area (Å²) in [5.41, 5.74) is 1.18. The van der Waals surface area contributed by atoms with E-state index in [2.05, 4.69) is 25.5 Å². The number of nitrogens with zero attached hydrogens (tertiary/aromatic N) is 4. The van der Waals surface area contributed by atoms with Gasteiger partial charge in [-0.15, -0.1) is 0 Å². The molecular formula is C13H14N6. The van der Waals surface area contributed by atoms with Crippen LogP contribution >= 0.6 is 0 Å². The zero-order valence-electron chi connectivity index (χ0n) is 10.4. The monoisotopic (exact) mass is 254 g/mol. The summed E-state index contributed by atoms with van der Waals surface area (Å²) in [5, 5.41) is 19.1. The van der Waals surface area contributed by atoms with E-state index in [4.69, 9.17) is 5.26 Å². The molecule has 0 amide bonds. The number of nitrogens with one attached hydrogen (secondary N) is 2. The smallest absolute Gasteiger partial charge is 0.234 e. The second-order valence-electron chi connectivity index (χ2n) is 4.69. The van der Waals surface area contributed by atoms with Gasteiger partial charge in [0.05, 0.1) is 0 Å². The summed E-state index contributed by atoms with van der Waals surface area (Å²) < 4.78 is 0. The van der Waals surface area contributed by atoms with Gasteiger partial charge in [-0.1, -0.05) is 12.8 Å². The third-order valence-electron chi connectivity index (χ3n) is 3.40. The van der Waals surface area contributed by atoms with Crippen molar-refractivity contribution in [2.75, 3.05) is 5.32 Å². The van der Waals surface area contributed by atoms with Crippen molar-refractivity contribution in [2.24, 2.45) is 0 Å². The van der Waals surface area contributed by atoms with Crippen LogP contribution in [0.25, 0.3) is 0 Å². The molecule has 6 heteroatoms. The molecule has 1 saturated carbocycles. The van der Waals surface area contributed by atoms with Crippen molar-refractivity contribution in [1.82, 2.24) is 20.2 Å². The van der Waals surface area contributed by atoms with Gasteiger partial charge in [0.2, 0.25) is 5.82 Å². The summed E-state index contributed by atoms with van der Waals surface area (Å²) in [7, 11) is 0. The minimum absolute atomic E-state index is 0.150. The van der Waals surface area contributed by atoms with E-state index in [-0.39, 0.29) is 5.82 Å². The highest BCUT2D eigenvalue weighted by atomic mass is 15.2. The summed E-state index contributed by atoms with van der Waals surface area (Å²) in [6.45, 7) is 0. The Labute approximate surface area is 110 Å². The highest BCUT2D eigenvalue weighted by Gasteiger charge is 2.19. The molecule has 0 unspecified atom stereocenters. The van der Waals surface area contributed by atoms with Gasteiger partial charge >= 0.3 is 0 Å². The Morgan fingerprint density at radius 1 is 1.32 bits per heavy atom. The molecule has 3 rings (SSSR count). The normalized spacial score (nSPS) is 15.3. The zero-order chi connectivity index (χ0) is 13.1. The molecule has 96 valence electrons. The zero-order valence-corrected chi connectivity index (χ0v) is 10.4. The van der Waals surface area contributed by atoms with E-state index in [0.717, 1.165) is 5.82 Å². The number of rotatable bonds is 3. The van der Waals surface area contributed by atoms with Crippen molar-refractivity contribution < 1.29 is 0 Å². The van der Waals surface area contributed by atoms with Crippen LogP contribution in [0.3, 0.4) is 0 Å². The van der Waals surface area contributed by atoms with Crippen molar-refractivity contribution >= 4 is 11.6 Å². The first-order valence-electron chi connectivity index (χ1n) is 6.40. The summed E-state index contributed by atoms with van der Waals surface area (Å²) in [4.78, 5) is 7.88. The van der Waals surface area contributed by atoms with Crippen LogP contribution in [0.1, 0.15) is 43.1 Å². The molecule has 0 saturated heterocycles. The molecule has 19 heavy (non-hydrogen) atoms. The van der Waals surface area contributed by atoms with Crippen molar-refractivity contribution in [3.63, 3.8) is 0 Å². The number of aromatic nitrogens is 4. The Hall–Kier alpha value is -2.42. The standard InChI is InChI=1S/C13H14N6/c14-8-13-15-6-5-11(17-13)16-12-7-10(18-19-12)9-3-1-2-4-9/h5-7,9H,1-4H2,(H2,15,16,17,18,19). The van der Waals surface area contributed by atoms with E-state index in [1.807, 2.05) is 12.1 Å². The van der Waals surface area contributed by atoms with Crippen LogP contribution in [0.15, 0.2) is 18.3 Å². The molecule has 6 nitrogen and oxygen atoms in total. The van der Waals surface area contributed by atoms with Gasteiger partial charge in [-0.05, 0) is 18.9 Å². The Morgan fingerprint density at radius 2 is 2.16 bits per heavy atom. The van der Waals surface area contributed by atoms with Gasteiger partial charge in [-0.3, -0.25) is 5.10 Å². The molecule has 1 aliphatic carbocycles. The molecular weight excluding hydrogens is 240 g/mol. The Bertz CT molecular complexity index is 606. The molecule has 1 fully saturated rings. The van der Waals surface area contributed by atoms with Crippen LogP contribution in [0, 0.1) is 11.3 Å². The lowest BCUT2D eigenvalue weighted by Crippen LogP contribution is -1.96. The van der Waals surface area contributed by atoms with Gasteiger partial charge in [0, 0.05) is 23.9 Å². The highest BCUT2D eigenvalue weighted by molar-refractivity contribution is 5.51. The lowest BCUT2D eigenvalue weighted by atomic mass is 10.0. The van der Waals surface area contributed by atoms with E-state index in [0.29, 0.717) is 11.7 Å². The van der Waals surface area contributed by atoms with Crippen LogP contribution in [0.4, 0.5) is 11.6 Å². The third kappa shape index (κ3) is 2.55. The average Bonchev–Trinajstić information content (AvgIpc) is 3.09. The van der Waals surface area contributed by atoms with Crippen molar-refractivity contribution in [3.05, 3.63) is 29.8 Å². The fourth-order valence-corrected chi connectivity index (χ4v) is 2.46. The van der Waals surface area contributed by atoms with E-state index in [1.54, 1.807) is 12.3 Å². The lowest BCUT2D eigenvalue weighted by Gasteiger charge is -2.03. The molecule has 2 N–H and O–H groups in total. The van der Waals surface area contributed by atoms with Crippen molar-refractivity contribution in [2.45, 2.75) is 31.6 Å². The van der Waals surface area contributed by atoms with Crippen LogP contribution in [0.2, 0.25) is 0 Å². The first-order valence-corrected chi connectivity index (χ1v) is 6.40. The molecule has 0 aliphatic heterocycles. The van der Waals surface area contributed by atoms with E-state index in [9.17, 15) is 0 Å². The quantitative estimate of drug-likeness (QED) is 0.878. The number of hydrogen-bond acceptors (Lipinski definition) is 5. The average molecular weight is 254 g/mol. The summed E-state index contributed by atoms with van der Waals surface area (Å²) in [6, 6.07) is 5.64. The van der Waals surface area contributed by atoms with E-state index in [1.165, 1.54) is 31.4 Å². The number of nitriles is 1. The first kappa shape index (κ1) is 11.7. The lowest BCUT2D eigenvalue weighted by molar-refractivity contribution is 0.693. The minimum Gasteiger partial charge on any atom is -0.323 e. The minimum atomic E-state index is 0.150. The highest BCUT2D eigenvalue weighted by Crippen LogP contribution is 2.33. The maximum Gasteiger partial charge on any atom is 0.234 e. The summed E-state index contributed by atoms with van der Waals surface area (Å²) in [6.07, 6.45) is 6.60. The molecule has 0 radical (unpaired) electrons. The molecule has 0 aromatic carbocycles. The Kier molecular flexibility index (Phi) is 3.11. The van der Waals surface area contributed by atoms with Crippen LogP contribution < -0.4 is 5.32 Å². The van der Waals surface area contributed by atoms with Gasteiger partial charge < -0.3 is 5.32 Å². The molecule has 2 aromatic heterocycles. The first-order chi connectivity index (χ1) is 9.35. The SMILES string of the molecule is N#Cc1nccc(Nc2cc(C3CCCC3)[nH]n2)n1. The second-order valence-corrected chi connectivity index (χ2v) is 4.69. The predicted molar refractivity (Wildman–Crippen MR) is 69.8 cm³/mol. The molecule has 1 aliphatic rings. The number of H-pyrrole nitrogens is 1. The fraction of sp³-hybridized carbons (Fsp3) is 0.385. The van der Waals surface area contributed by atoms with Crippen LogP contribution in [-0.2, 0) is 0 Å². The largest absolute Gasteiger partial charge is 0.323 e. The van der Waals surface area contributed by atoms with Gasteiger partial charge in [-0.25, -0.2) is 9.97 Å². The van der Waals surface area contributed by atoms with Gasteiger partial charge in [0.25, 0.3) is 0 Å². The summed E-state index contributed by atoms with van der Waals surface area (Å²) in [5.74, 6) is 2.06. The Balaban J connectivity index is 1.74. The van der Waals surface area contributed by atoms with Crippen molar-refractivity contribution in [3.8, 4) is 6.07 Å². The fourth-order valence-electron chi connectivity index (χ4n) is 2.46. The second kappa shape index (κ2) is 5.06. The molecule has 0 atom stereocenters. The van der Waals surface area contributed by atoms with E-state index < -0.39 is 0 Å². The van der Waals surface area contributed by atoms with Crippen LogP contribution in [-0.4, -0.2) is 20.2 Å². The summed E-state index contributed by atoms with van der Waals surface area (Å²) >= 11 is 0. The number of hydrogen-bond donors (Lipinski definition) is 2. The van der Waals surface area contributed by atoms with Crippen molar-refractivity contribution in [1.29, 1.82) is 5.26 Å². The van der Waals surface area contributed by atoms with Gasteiger partial charge in [0.15, 0.2) is 5.82 Å². The number of aromatic amines is 1. The van der Waals surface area contributed by atoms with Gasteiger partial charge in [-0.2, -0.15) is 10.4 Å². The Morgan fingerprint density at radius 3 is 2.95 bits per heavy atom. The molecule has 0 bridgehead atoms. The predicted octanol–water partition coefficient (Wildman–Crippen LogP) is 2.47. The third-order valence-corrected chi connectivity index (χ3v) is 3.40. The maximum atomic E-state index is 8.75.